The van der Waals surface area contributed by atoms with Crippen LogP contribution in [0.15, 0.2) is 60.3 Å². The number of thioether (sulfide) groups is 1. The van der Waals surface area contributed by atoms with Crippen molar-refractivity contribution in [3.63, 3.8) is 0 Å². The minimum absolute atomic E-state index is 0.223. The summed E-state index contributed by atoms with van der Waals surface area (Å²) in [5, 5.41) is 10.4. The lowest BCUT2D eigenvalue weighted by Gasteiger charge is -2.10. The van der Waals surface area contributed by atoms with E-state index in [2.05, 4.69) is 22.8 Å². The molecule has 1 aromatic heterocycles. The number of allylic oxidation sites excluding steroid dienone is 1. The largest absolute Gasteiger partial charge is 0.497 e. The van der Waals surface area contributed by atoms with Crippen LogP contribution < -0.4 is 9.47 Å². The van der Waals surface area contributed by atoms with Crippen molar-refractivity contribution in [1.29, 1.82) is 0 Å². The van der Waals surface area contributed by atoms with Gasteiger partial charge in [0.15, 0.2) is 11.0 Å². The van der Waals surface area contributed by atoms with E-state index in [4.69, 9.17) is 32.7 Å². The molecule has 0 amide bonds. The van der Waals surface area contributed by atoms with Crippen molar-refractivity contribution >= 4 is 35.0 Å². The van der Waals surface area contributed by atoms with E-state index in [1.54, 1.807) is 43.1 Å². The van der Waals surface area contributed by atoms with Crippen LogP contribution in [-0.2, 0) is 18.9 Å². The number of hydrogen-bond acceptors (Lipinski definition) is 5. The molecule has 28 heavy (non-hydrogen) atoms. The van der Waals surface area contributed by atoms with Gasteiger partial charge in [-0.15, -0.1) is 16.8 Å². The fraction of sp³-hybridized carbons (Fsp3) is 0.200. The van der Waals surface area contributed by atoms with Crippen LogP contribution in [0, 0.1) is 0 Å². The second kappa shape index (κ2) is 9.87. The first-order chi connectivity index (χ1) is 13.6. The Morgan fingerprint density at radius 3 is 2.82 bits per heavy atom. The van der Waals surface area contributed by atoms with Crippen molar-refractivity contribution < 1.29 is 9.47 Å². The topological polar surface area (TPSA) is 49.2 Å². The molecule has 0 saturated heterocycles. The van der Waals surface area contributed by atoms with E-state index in [0.717, 1.165) is 22.2 Å². The first kappa shape index (κ1) is 20.6. The number of aromatic nitrogens is 3. The fourth-order valence-corrected chi connectivity index (χ4v) is 3.73. The molecule has 1 heterocycles. The maximum Gasteiger partial charge on any atom is 0.191 e. The second-order valence-electron chi connectivity index (χ2n) is 5.80. The van der Waals surface area contributed by atoms with Gasteiger partial charge in [-0.2, -0.15) is 0 Å². The molecule has 0 unspecified atom stereocenters. The van der Waals surface area contributed by atoms with E-state index >= 15 is 0 Å². The lowest BCUT2D eigenvalue weighted by molar-refractivity contribution is 0.289. The molecular formula is C20H19Cl2N3O2S. The van der Waals surface area contributed by atoms with Gasteiger partial charge in [0.2, 0.25) is 0 Å². The van der Waals surface area contributed by atoms with Gasteiger partial charge in [-0.3, -0.25) is 4.57 Å². The van der Waals surface area contributed by atoms with Crippen molar-refractivity contribution in [2.75, 3.05) is 7.11 Å². The van der Waals surface area contributed by atoms with Gasteiger partial charge in [0.05, 0.1) is 12.1 Å². The zero-order valence-corrected chi connectivity index (χ0v) is 17.6. The molecule has 0 fully saturated rings. The van der Waals surface area contributed by atoms with E-state index in [0.29, 0.717) is 28.2 Å². The first-order valence-electron chi connectivity index (χ1n) is 8.47. The van der Waals surface area contributed by atoms with Gasteiger partial charge in [0.1, 0.15) is 18.1 Å². The number of halogens is 2. The number of hydrogen-bond donors (Lipinski definition) is 0. The predicted octanol–water partition coefficient (Wildman–Crippen LogP) is 5.65. The second-order valence-corrected chi connectivity index (χ2v) is 7.59. The Kier molecular flexibility index (Phi) is 7.25. The molecule has 3 rings (SSSR count). The molecule has 0 saturated carbocycles. The molecule has 8 heteroatoms. The Morgan fingerprint density at radius 1 is 1.18 bits per heavy atom. The molecule has 3 aromatic rings. The zero-order valence-electron chi connectivity index (χ0n) is 15.3. The smallest absolute Gasteiger partial charge is 0.191 e. The van der Waals surface area contributed by atoms with Crippen LogP contribution in [-0.4, -0.2) is 21.9 Å². The molecule has 2 aromatic carbocycles. The molecule has 0 bridgehead atoms. The summed E-state index contributed by atoms with van der Waals surface area (Å²) in [4.78, 5) is 0. The van der Waals surface area contributed by atoms with Gasteiger partial charge >= 0.3 is 0 Å². The summed E-state index contributed by atoms with van der Waals surface area (Å²) >= 11 is 13.8. The van der Waals surface area contributed by atoms with Crippen LogP contribution in [0.5, 0.6) is 11.5 Å². The Labute approximate surface area is 178 Å². The van der Waals surface area contributed by atoms with Crippen LogP contribution in [0.2, 0.25) is 10.0 Å². The van der Waals surface area contributed by atoms with Crippen LogP contribution >= 0.6 is 35.0 Å². The molecule has 146 valence electrons. The average Bonchev–Trinajstić information content (AvgIpc) is 3.09. The quantitative estimate of drug-likeness (QED) is 0.321. The van der Waals surface area contributed by atoms with Crippen molar-refractivity contribution in [3.8, 4) is 11.5 Å². The molecule has 0 atom stereocenters. The molecule has 0 N–H and O–H groups in total. The maximum atomic E-state index is 6.15. The highest BCUT2D eigenvalue weighted by atomic mass is 35.5. The minimum atomic E-state index is 0.223. The number of ether oxygens (including phenoxy) is 2. The third-order valence-electron chi connectivity index (χ3n) is 3.86. The van der Waals surface area contributed by atoms with Gasteiger partial charge in [0.25, 0.3) is 0 Å². The van der Waals surface area contributed by atoms with Crippen molar-refractivity contribution in [2.45, 2.75) is 24.1 Å². The zero-order chi connectivity index (χ0) is 19.9. The highest BCUT2D eigenvalue weighted by Crippen LogP contribution is 2.29. The van der Waals surface area contributed by atoms with Crippen molar-refractivity contribution in [2.24, 2.45) is 0 Å². The molecule has 0 radical (unpaired) electrons. The molecule has 0 aliphatic carbocycles. The SMILES string of the molecule is C=CCn1c(COc2cc(Cl)ccc2Cl)nnc1SCc1cccc(OC)c1. The summed E-state index contributed by atoms with van der Waals surface area (Å²) in [5.74, 6) is 2.77. The van der Waals surface area contributed by atoms with Gasteiger partial charge in [-0.05, 0) is 29.8 Å². The highest BCUT2D eigenvalue weighted by Gasteiger charge is 2.14. The van der Waals surface area contributed by atoms with E-state index in [-0.39, 0.29) is 6.61 Å². The summed E-state index contributed by atoms with van der Waals surface area (Å²) in [6.45, 7) is 4.62. The summed E-state index contributed by atoms with van der Waals surface area (Å²) in [5.41, 5.74) is 1.14. The van der Waals surface area contributed by atoms with Crippen LogP contribution in [0.25, 0.3) is 0 Å². The highest BCUT2D eigenvalue weighted by molar-refractivity contribution is 7.98. The fourth-order valence-electron chi connectivity index (χ4n) is 2.49. The van der Waals surface area contributed by atoms with Crippen LogP contribution in [0.4, 0.5) is 0 Å². The van der Waals surface area contributed by atoms with Crippen molar-refractivity contribution in [1.82, 2.24) is 14.8 Å². The standard InChI is InChI=1S/C20H19Cl2N3O2S/c1-3-9-25-19(12-27-18-11-15(21)7-8-17(18)22)23-24-20(25)28-13-14-5-4-6-16(10-14)26-2/h3-8,10-11H,1,9,12-13H2,2H3. The summed E-state index contributed by atoms with van der Waals surface area (Å²) in [6.07, 6.45) is 1.80. The average molecular weight is 436 g/mol. The van der Waals surface area contributed by atoms with Crippen LogP contribution in [0.3, 0.4) is 0 Å². The lowest BCUT2D eigenvalue weighted by atomic mass is 10.2. The van der Waals surface area contributed by atoms with E-state index in [1.165, 1.54) is 0 Å². The van der Waals surface area contributed by atoms with E-state index < -0.39 is 0 Å². The first-order valence-corrected chi connectivity index (χ1v) is 10.2. The van der Waals surface area contributed by atoms with E-state index in [1.807, 2.05) is 22.8 Å². The van der Waals surface area contributed by atoms with Gasteiger partial charge < -0.3 is 9.47 Å². The third-order valence-corrected chi connectivity index (χ3v) is 5.44. The minimum Gasteiger partial charge on any atom is -0.497 e. The van der Waals surface area contributed by atoms with Gasteiger partial charge in [0, 0.05) is 23.4 Å². The Balaban J connectivity index is 1.71. The van der Waals surface area contributed by atoms with Crippen LogP contribution in [0.1, 0.15) is 11.4 Å². The lowest BCUT2D eigenvalue weighted by Crippen LogP contribution is -2.07. The summed E-state index contributed by atoms with van der Waals surface area (Å²) < 4.78 is 13.0. The Hall–Kier alpha value is -2.15. The number of nitrogens with zero attached hydrogens (tertiary/aromatic N) is 3. The molecule has 0 aliphatic heterocycles. The molecule has 0 spiro atoms. The van der Waals surface area contributed by atoms with Crippen molar-refractivity contribution in [3.05, 3.63) is 76.6 Å². The van der Waals surface area contributed by atoms with Gasteiger partial charge in [-0.1, -0.05) is 53.2 Å². The van der Waals surface area contributed by atoms with E-state index in [9.17, 15) is 0 Å². The molecular weight excluding hydrogens is 417 g/mol. The third kappa shape index (κ3) is 5.22. The summed E-state index contributed by atoms with van der Waals surface area (Å²) in [6, 6.07) is 13.0. The summed E-state index contributed by atoms with van der Waals surface area (Å²) in [7, 11) is 1.66. The Morgan fingerprint density at radius 2 is 2.04 bits per heavy atom. The molecule has 5 nitrogen and oxygen atoms in total. The number of methoxy groups -OCH3 is 1. The predicted molar refractivity (Wildman–Crippen MR) is 114 cm³/mol. The number of benzene rings is 2. The number of rotatable bonds is 9. The Bertz CT molecular complexity index is 962. The normalized spacial score (nSPS) is 10.7. The monoisotopic (exact) mass is 435 g/mol. The van der Waals surface area contributed by atoms with Gasteiger partial charge in [-0.25, -0.2) is 0 Å². The maximum absolute atomic E-state index is 6.15. The molecule has 0 aliphatic rings.